The molecular formula is C20H30N8. The van der Waals surface area contributed by atoms with Gasteiger partial charge in [0.15, 0.2) is 0 Å². The maximum absolute atomic E-state index is 4.72. The first kappa shape index (κ1) is 20.0. The number of nitrogens with zero attached hydrogens (tertiary/aromatic N) is 6. The fraction of sp³-hybridized carbons (Fsp3) is 0.550. The van der Waals surface area contributed by atoms with Crippen molar-refractivity contribution in [2.75, 3.05) is 5.32 Å². The molecule has 0 spiro atoms. The minimum absolute atomic E-state index is 0.539. The summed E-state index contributed by atoms with van der Waals surface area (Å²) in [6.45, 7) is 10.3. The van der Waals surface area contributed by atoms with Crippen molar-refractivity contribution in [2.24, 2.45) is 0 Å². The topological polar surface area (TPSA) is 97.2 Å². The normalized spacial score (nSPS) is 11.2. The van der Waals surface area contributed by atoms with Crippen LogP contribution in [0.15, 0.2) is 6.07 Å². The van der Waals surface area contributed by atoms with Gasteiger partial charge in [0.25, 0.3) is 5.95 Å². The lowest BCUT2D eigenvalue weighted by molar-refractivity contribution is 0.653. The highest BCUT2D eigenvalue weighted by Gasteiger charge is 2.15. The van der Waals surface area contributed by atoms with Crippen LogP contribution in [0.1, 0.15) is 68.0 Å². The predicted molar refractivity (Wildman–Crippen MR) is 110 cm³/mol. The van der Waals surface area contributed by atoms with Gasteiger partial charge in [-0.1, -0.05) is 33.1 Å². The van der Waals surface area contributed by atoms with Gasteiger partial charge in [-0.05, 0) is 39.7 Å². The molecule has 28 heavy (non-hydrogen) atoms. The summed E-state index contributed by atoms with van der Waals surface area (Å²) in [7, 11) is 0. The van der Waals surface area contributed by atoms with Crippen molar-refractivity contribution >= 4 is 11.8 Å². The highest BCUT2D eigenvalue weighted by atomic mass is 15.4. The van der Waals surface area contributed by atoms with Crippen molar-refractivity contribution in [3.8, 4) is 5.95 Å². The third-order valence-corrected chi connectivity index (χ3v) is 4.78. The van der Waals surface area contributed by atoms with Crippen LogP contribution >= 0.6 is 0 Å². The van der Waals surface area contributed by atoms with Crippen LogP contribution in [0.3, 0.4) is 0 Å². The Morgan fingerprint density at radius 3 is 2.54 bits per heavy atom. The van der Waals surface area contributed by atoms with E-state index in [2.05, 4.69) is 44.4 Å². The molecule has 0 aliphatic heterocycles. The van der Waals surface area contributed by atoms with E-state index in [0.29, 0.717) is 11.9 Å². The molecule has 0 saturated carbocycles. The van der Waals surface area contributed by atoms with E-state index >= 15 is 0 Å². The number of nitrogens with one attached hydrogen (secondary N) is 2. The van der Waals surface area contributed by atoms with Gasteiger partial charge in [-0.3, -0.25) is 5.10 Å². The van der Waals surface area contributed by atoms with Crippen molar-refractivity contribution in [3.05, 3.63) is 34.5 Å². The molecule has 0 radical (unpaired) electrons. The summed E-state index contributed by atoms with van der Waals surface area (Å²) in [6.07, 6.45) is 6.56. The molecule has 8 nitrogen and oxygen atoms in total. The second-order valence-electron chi connectivity index (χ2n) is 7.17. The molecule has 0 aliphatic rings. The summed E-state index contributed by atoms with van der Waals surface area (Å²) in [6, 6.07) is 2.01. The Bertz CT molecular complexity index is 924. The number of anilines is 2. The van der Waals surface area contributed by atoms with Gasteiger partial charge in [-0.2, -0.15) is 15.1 Å². The molecule has 0 aromatic carbocycles. The fourth-order valence-electron chi connectivity index (χ4n) is 3.32. The third kappa shape index (κ3) is 4.55. The highest BCUT2D eigenvalue weighted by molar-refractivity contribution is 5.55. The Morgan fingerprint density at radius 2 is 1.86 bits per heavy atom. The van der Waals surface area contributed by atoms with Crippen molar-refractivity contribution in [1.82, 2.24) is 34.9 Å². The molecule has 0 fully saturated rings. The van der Waals surface area contributed by atoms with Crippen LogP contribution in [0, 0.1) is 20.8 Å². The van der Waals surface area contributed by atoms with Crippen LogP contribution in [-0.2, 0) is 12.8 Å². The lowest BCUT2D eigenvalue weighted by Gasteiger charge is -2.12. The van der Waals surface area contributed by atoms with Gasteiger partial charge in [0.1, 0.15) is 11.6 Å². The van der Waals surface area contributed by atoms with Gasteiger partial charge < -0.3 is 5.32 Å². The summed E-state index contributed by atoms with van der Waals surface area (Å²) in [5.41, 5.74) is 3.92. The molecule has 0 amide bonds. The first-order valence-corrected chi connectivity index (χ1v) is 10.1. The summed E-state index contributed by atoms with van der Waals surface area (Å²) in [5.74, 6) is 2.73. The van der Waals surface area contributed by atoms with E-state index in [0.717, 1.165) is 53.5 Å². The first-order valence-electron chi connectivity index (χ1n) is 10.1. The van der Waals surface area contributed by atoms with Crippen LogP contribution in [0.25, 0.3) is 5.95 Å². The number of aromatic amines is 1. The molecule has 3 aromatic heterocycles. The van der Waals surface area contributed by atoms with Gasteiger partial charge in [-0.15, -0.1) is 5.10 Å². The highest BCUT2D eigenvalue weighted by Crippen LogP contribution is 2.22. The predicted octanol–water partition coefficient (Wildman–Crippen LogP) is 4.13. The quantitative estimate of drug-likeness (QED) is 0.540. The van der Waals surface area contributed by atoms with E-state index in [1.807, 2.05) is 26.8 Å². The number of hydrogen-bond acceptors (Lipinski definition) is 6. The molecule has 3 heterocycles. The van der Waals surface area contributed by atoms with Crippen LogP contribution in [0.2, 0.25) is 0 Å². The van der Waals surface area contributed by atoms with Gasteiger partial charge >= 0.3 is 0 Å². The number of rotatable bonds is 9. The van der Waals surface area contributed by atoms with Gasteiger partial charge in [-0.25, -0.2) is 9.67 Å². The van der Waals surface area contributed by atoms with E-state index in [-0.39, 0.29) is 0 Å². The van der Waals surface area contributed by atoms with E-state index in [1.54, 1.807) is 4.68 Å². The van der Waals surface area contributed by atoms with Crippen molar-refractivity contribution in [3.63, 3.8) is 0 Å². The van der Waals surface area contributed by atoms with Crippen LogP contribution in [0.5, 0.6) is 0 Å². The Balaban J connectivity index is 1.83. The molecule has 3 rings (SSSR count). The SMILES string of the molecule is CCCCCCc1nc(Nc2nc(-n3nc(C)cc3C)nc(C)c2CC)n[nH]1. The second-order valence-corrected chi connectivity index (χ2v) is 7.17. The molecule has 3 aromatic rings. The molecule has 0 saturated heterocycles. The molecule has 0 unspecified atom stereocenters. The lowest BCUT2D eigenvalue weighted by Crippen LogP contribution is -2.11. The van der Waals surface area contributed by atoms with Crippen LogP contribution < -0.4 is 5.32 Å². The minimum atomic E-state index is 0.539. The number of aromatic nitrogens is 7. The number of H-pyrrole nitrogens is 1. The van der Waals surface area contributed by atoms with Crippen molar-refractivity contribution < 1.29 is 0 Å². The lowest BCUT2D eigenvalue weighted by atomic mass is 10.1. The van der Waals surface area contributed by atoms with Crippen LogP contribution in [-0.4, -0.2) is 34.9 Å². The standard InChI is InChI=1S/C20H30N8/c1-6-8-9-10-11-17-22-19(26-25-17)23-18-16(7-2)15(5)21-20(24-18)28-14(4)12-13(3)27-28/h12H,6-11H2,1-5H3,(H2,21,22,23,24,25,26). The van der Waals surface area contributed by atoms with Gasteiger partial charge in [0.05, 0.1) is 5.69 Å². The van der Waals surface area contributed by atoms with Gasteiger partial charge in [0.2, 0.25) is 5.95 Å². The Kier molecular flexibility index (Phi) is 6.38. The fourth-order valence-corrected chi connectivity index (χ4v) is 3.32. The first-order chi connectivity index (χ1) is 13.5. The smallest absolute Gasteiger partial charge is 0.252 e. The van der Waals surface area contributed by atoms with Crippen molar-refractivity contribution in [2.45, 2.75) is 73.1 Å². The zero-order valence-electron chi connectivity index (χ0n) is 17.5. The Hall–Kier alpha value is -2.77. The van der Waals surface area contributed by atoms with Crippen molar-refractivity contribution in [1.29, 1.82) is 0 Å². The maximum Gasteiger partial charge on any atom is 0.252 e. The zero-order valence-corrected chi connectivity index (χ0v) is 17.5. The number of unbranched alkanes of at least 4 members (excludes halogenated alkanes) is 3. The van der Waals surface area contributed by atoms with E-state index < -0.39 is 0 Å². The molecule has 0 atom stereocenters. The molecule has 8 heteroatoms. The monoisotopic (exact) mass is 382 g/mol. The maximum atomic E-state index is 4.72. The molecule has 2 N–H and O–H groups in total. The summed E-state index contributed by atoms with van der Waals surface area (Å²) in [4.78, 5) is 14.0. The second kappa shape index (κ2) is 8.95. The minimum Gasteiger partial charge on any atom is -0.307 e. The average molecular weight is 383 g/mol. The Labute approximate surface area is 166 Å². The third-order valence-electron chi connectivity index (χ3n) is 4.78. The number of aryl methyl sites for hydroxylation is 4. The Morgan fingerprint density at radius 1 is 1.04 bits per heavy atom. The number of hydrogen-bond donors (Lipinski definition) is 2. The van der Waals surface area contributed by atoms with E-state index in [9.17, 15) is 0 Å². The summed E-state index contributed by atoms with van der Waals surface area (Å²) < 4.78 is 1.77. The zero-order chi connectivity index (χ0) is 20.1. The molecule has 0 aliphatic carbocycles. The van der Waals surface area contributed by atoms with E-state index in [4.69, 9.17) is 4.98 Å². The molecule has 0 bridgehead atoms. The van der Waals surface area contributed by atoms with Gasteiger partial charge in [0, 0.05) is 23.4 Å². The summed E-state index contributed by atoms with van der Waals surface area (Å²) in [5, 5.41) is 15.1. The largest absolute Gasteiger partial charge is 0.307 e. The summed E-state index contributed by atoms with van der Waals surface area (Å²) >= 11 is 0. The molecule has 150 valence electrons. The molecular weight excluding hydrogens is 352 g/mol. The van der Waals surface area contributed by atoms with E-state index in [1.165, 1.54) is 19.3 Å². The average Bonchev–Trinajstić information content (AvgIpc) is 3.24. The van der Waals surface area contributed by atoms with Crippen LogP contribution in [0.4, 0.5) is 11.8 Å².